The summed E-state index contributed by atoms with van der Waals surface area (Å²) in [6.45, 7) is 0. The van der Waals surface area contributed by atoms with Gasteiger partial charge in [0.05, 0.1) is 29.0 Å². The van der Waals surface area contributed by atoms with E-state index >= 15 is 0 Å². The zero-order valence-electron chi connectivity index (χ0n) is 14.4. The molecule has 1 N–H and O–H groups in total. The van der Waals surface area contributed by atoms with Crippen LogP contribution in [0, 0.1) is 0 Å². The minimum atomic E-state index is -3.73. The molecular weight excluding hydrogens is 364 g/mol. The van der Waals surface area contributed by atoms with Crippen molar-refractivity contribution in [2.75, 3.05) is 0 Å². The van der Waals surface area contributed by atoms with E-state index in [1.54, 1.807) is 55.1 Å². The summed E-state index contributed by atoms with van der Waals surface area (Å²) in [7, 11) is -3.73. The first kappa shape index (κ1) is 16.5. The Kier molecular flexibility index (Phi) is 3.60. The molecule has 7 nitrogen and oxygen atoms in total. The van der Waals surface area contributed by atoms with Crippen LogP contribution >= 0.6 is 0 Å². The Bertz CT molecular complexity index is 1240. The van der Waals surface area contributed by atoms with Crippen LogP contribution in [0.25, 0.3) is 22.1 Å². The largest absolute Gasteiger partial charge is 0.393 e. The fourth-order valence-electron chi connectivity index (χ4n) is 3.95. The Labute approximate surface area is 156 Å². The van der Waals surface area contributed by atoms with Crippen LogP contribution in [0.15, 0.2) is 60.0 Å². The van der Waals surface area contributed by atoms with Gasteiger partial charge in [0.15, 0.2) is 5.65 Å². The maximum Gasteiger partial charge on any atom is 0.269 e. The quantitative estimate of drug-likeness (QED) is 0.588. The number of imidazole rings is 1. The second-order valence-corrected chi connectivity index (χ2v) is 8.75. The average molecular weight is 382 g/mol. The predicted molar refractivity (Wildman–Crippen MR) is 101 cm³/mol. The minimum Gasteiger partial charge on any atom is -0.393 e. The second kappa shape index (κ2) is 5.90. The molecule has 1 fully saturated rings. The van der Waals surface area contributed by atoms with E-state index in [4.69, 9.17) is 0 Å². The number of hydrogen-bond acceptors (Lipinski definition) is 5. The normalized spacial score (nSPS) is 20.6. The van der Waals surface area contributed by atoms with E-state index in [1.165, 1.54) is 3.97 Å². The van der Waals surface area contributed by atoms with Crippen molar-refractivity contribution in [1.29, 1.82) is 0 Å². The molecule has 0 spiro atoms. The van der Waals surface area contributed by atoms with E-state index in [0.29, 0.717) is 12.1 Å². The van der Waals surface area contributed by atoms with Crippen molar-refractivity contribution in [1.82, 2.24) is 18.5 Å². The van der Waals surface area contributed by atoms with Gasteiger partial charge in [0.1, 0.15) is 5.52 Å². The number of fused-ring (bicyclic) bond motifs is 3. The summed E-state index contributed by atoms with van der Waals surface area (Å²) < 4.78 is 29.3. The predicted octanol–water partition coefficient (Wildman–Crippen LogP) is 2.71. The standard InChI is InChI=1S/C19H18N4O3S/c24-14-7-6-13(10-14)22-12-21-17-11-20-19-16(18(17)22)8-9-23(19)27(25,26)15-4-2-1-3-5-15/h1-5,8-9,11-14,24H,6-7,10H2. The summed E-state index contributed by atoms with van der Waals surface area (Å²) in [4.78, 5) is 9.02. The molecule has 3 aromatic heterocycles. The molecule has 1 aliphatic rings. The zero-order valence-corrected chi connectivity index (χ0v) is 15.2. The molecule has 1 saturated carbocycles. The third-order valence-electron chi connectivity index (χ3n) is 5.28. The number of aliphatic hydroxyl groups is 1. The topological polar surface area (TPSA) is 90.0 Å². The van der Waals surface area contributed by atoms with E-state index in [1.807, 2.05) is 0 Å². The maximum absolute atomic E-state index is 13.0. The van der Waals surface area contributed by atoms with Gasteiger partial charge >= 0.3 is 0 Å². The highest BCUT2D eigenvalue weighted by Gasteiger charge is 2.27. The zero-order chi connectivity index (χ0) is 18.6. The molecule has 0 bridgehead atoms. The van der Waals surface area contributed by atoms with Crippen LogP contribution in [0.1, 0.15) is 25.3 Å². The number of aromatic nitrogens is 4. The Hall–Kier alpha value is -2.71. The van der Waals surface area contributed by atoms with Crippen LogP contribution in [-0.2, 0) is 10.0 Å². The van der Waals surface area contributed by atoms with Crippen LogP contribution in [0.4, 0.5) is 0 Å². The van der Waals surface area contributed by atoms with E-state index in [0.717, 1.165) is 29.3 Å². The van der Waals surface area contributed by atoms with Gasteiger partial charge in [-0.1, -0.05) is 18.2 Å². The van der Waals surface area contributed by atoms with Crippen molar-refractivity contribution in [3.63, 3.8) is 0 Å². The van der Waals surface area contributed by atoms with Gasteiger partial charge in [0.2, 0.25) is 0 Å². The lowest BCUT2D eigenvalue weighted by Gasteiger charge is -2.13. The molecule has 4 aromatic rings. The SMILES string of the molecule is O=S(=O)(c1ccccc1)n1ccc2c3c(cnc21)ncn3C1CCC(O)C1. The Morgan fingerprint density at radius 3 is 2.63 bits per heavy atom. The fraction of sp³-hybridized carbons (Fsp3) is 0.263. The molecule has 8 heteroatoms. The van der Waals surface area contributed by atoms with Gasteiger partial charge in [-0.05, 0) is 37.5 Å². The Balaban J connectivity index is 1.72. The molecule has 2 unspecified atom stereocenters. The lowest BCUT2D eigenvalue weighted by molar-refractivity contribution is 0.178. The highest BCUT2D eigenvalue weighted by molar-refractivity contribution is 7.90. The molecule has 1 aromatic carbocycles. The molecular formula is C19H18N4O3S. The van der Waals surface area contributed by atoms with Gasteiger partial charge in [-0.25, -0.2) is 22.4 Å². The van der Waals surface area contributed by atoms with E-state index in [2.05, 4.69) is 14.5 Å². The van der Waals surface area contributed by atoms with Gasteiger partial charge in [-0.2, -0.15) is 0 Å². The summed E-state index contributed by atoms with van der Waals surface area (Å²) in [5, 5.41) is 10.6. The van der Waals surface area contributed by atoms with Crippen LogP contribution < -0.4 is 0 Å². The monoisotopic (exact) mass is 382 g/mol. The molecule has 138 valence electrons. The summed E-state index contributed by atoms with van der Waals surface area (Å²) >= 11 is 0. The first-order valence-electron chi connectivity index (χ1n) is 8.87. The number of aliphatic hydroxyl groups excluding tert-OH is 1. The van der Waals surface area contributed by atoms with Crippen molar-refractivity contribution in [3.05, 3.63) is 55.1 Å². The van der Waals surface area contributed by atoms with E-state index < -0.39 is 10.0 Å². The minimum absolute atomic E-state index is 0.157. The third-order valence-corrected chi connectivity index (χ3v) is 6.96. The molecule has 5 rings (SSSR count). The maximum atomic E-state index is 13.0. The number of hydrogen-bond donors (Lipinski definition) is 1. The average Bonchev–Trinajstić information content (AvgIpc) is 3.38. The van der Waals surface area contributed by atoms with Gasteiger partial charge in [-0.15, -0.1) is 0 Å². The fourth-order valence-corrected chi connectivity index (χ4v) is 5.27. The van der Waals surface area contributed by atoms with E-state index in [9.17, 15) is 13.5 Å². The van der Waals surface area contributed by atoms with Gasteiger partial charge in [-0.3, -0.25) is 0 Å². The molecule has 0 amide bonds. The lowest BCUT2D eigenvalue weighted by Crippen LogP contribution is -2.12. The number of benzene rings is 1. The van der Waals surface area contributed by atoms with Crippen LogP contribution in [0.2, 0.25) is 0 Å². The number of rotatable bonds is 3. The molecule has 2 atom stereocenters. The lowest BCUT2D eigenvalue weighted by atomic mass is 10.2. The van der Waals surface area contributed by atoms with Crippen LogP contribution in [0.3, 0.4) is 0 Å². The second-order valence-electron chi connectivity index (χ2n) is 6.93. The first-order valence-corrected chi connectivity index (χ1v) is 10.3. The van der Waals surface area contributed by atoms with Gasteiger partial charge in [0, 0.05) is 17.6 Å². The molecule has 0 aliphatic heterocycles. The summed E-state index contributed by atoms with van der Waals surface area (Å²) in [6.07, 6.45) is 6.93. The first-order chi connectivity index (χ1) is 13.1. The molecule has 0 saturated heterocycles. The van der Waals surface area contributed by atoms with Crippen LogP contribution in [-0.4, -0.2) is 38.1 Å². The van der Waals surface area contributed by atoms with Crippen molar-refractivity contribution in [2.24, 2.45) is 0 Å². The van der Waals surface area contributed by atoms with Crippen LogP contribution in [0.5, 0.6) is 0 Å². The molecule has 27 heavy (non-hydrogen) atoms. The number of pyridine rings is 1. The van der Waals surface area contributed by atoms with Gasteiger partial charge in [0.25, 0.3) is 10.0 Å². The third kappa shape index (κ3) is 2.48. The van der Waals surface area contributed by atoms with Crippen molar-refractivity contribution in [2.45, 2.75) is 36.3 Å². The van der Waals surface area contributed by atoms with Crippen molar-refractivity contribution < 1.29 is 13.5 Å². The Morgan fingerprint density at radius 1 is 1.07 bits per heavy atom. The van der Waals surface area contributed by atoms with E-state index in [-0.39, 0.29) is 17.0 Å². The van der Waals surface area contributed by atoms with Gasteiger partial charge < -0.3 is 9.67 Å². The molecule has 3 heterocycles. The molecule has 1 aliphatic carbocycles. The van der Waals surface area contributed by atoms with Crippen molar-refractivity contribution in [3.8, 4) is 0 Å². The Morgan fingerprint density at radius 2 is 1.89 bits per heavy atom. The summed E-state index contributed by atoms with van der Waals surface area (Å²) in [6, 6.07) is 10.3. The smallest absolute Gasteiger partial charge is 0.269 e. The highest BCUT2D eigenvalue weighted by Crippen LogP contribution is 2.35. The highest BCUT2D eigenvalue weighted by atomic mass is 32.2. The summed E-state index contributed by atoms with van der Waals surface area (Å²) in [5.41, 5.74) is 1.96. The molecule has 0 radical (unpaired) electrons. The summed E-state index contributed by atoms with van der Waals surface area (Å²) in [5.74, 6) is 0. The number of nitrogens with zero attached hydrogens (tertiary/aromatic N) is 4. The van der Waals surface area contributed by atoms with Crippen molar-refractivity contribution >= 4 is 32.1 Å².